The minimum absolute atomic E-state index is 0.0403. The van der Waals surface area contributed by atoms with E-state index < -0.39 is 0 Å². The van der Waals surface area contributed by atoms with E-state index in [-0.39, 0.29) is 11.2 Å². The summed E-state index contributed by atoms with van der Waals surface area (Å²) in [5.74, 6) is 1.15. The van der Waals surface area contributed by atoms with Crippen molar-refractivity contribution >= 4 is 42.5 Å². The summed E-state index contributed by atoms with van der Waals surface area (Å²) >= 11 is 1.79. The molecule has 0 saturated carbocycles. The maximum absolute atomic E-state index is 10.1. The first-order chi connectivity index (χ1) is 12.9. The zero-order valence-corrected chi connectivity index (χ0v) is 16.3. The zero-order valence-electron chi connectivity index (χ0n) is 15.5. The molecule has 0 amide bonds. The van der Waals surface area contributed by atoms with E-state index in [0.717, 1.165) is 22.2 Å². The number of fused-ring (bicyclic) bond motifs is 5. The molecule has 134 valence electrons. The van der Waals surface area contributed by atoms with Crippen LogP contribution in [0.1, 0.15) is 26.3 Å². The van der Waals surface area contributed by atoms with E-state index in [9.17, 15) is 5.11 Å². The number of aromatic hydroxyl groups is 1. The fraction of sp³-hybridized carbons (Fsp3) is 0.174. The third-order valence-electron chi connectivity index (χ3n) is 5.10. The first-order valence-corrected chi connectivity index (χ1v) is 9.87. The molecule has 0 radical (unpaired) electrons. The summed E-state index contributed by atoms with van der Waals surface area (Å²) in [4.78, 5) is 4.70. The predicted molar refractivity (Wildman–Crippen MR) is 114 cm³/mol. The van der Waals surface area contributed by atoms with Crippen LogP contribution in [-0.2, 0) is 5.41 Å². The Morgan fingerprint density at radius 3 is 2.59 bits per heavy atom. The van der Waals surface area contributed by atoms with Gasteiger partial charge in [0.25, 0.3) is 0 Å². The molecule has 5 aromatic rings. The highest BCUT2D eigenvalue weighted by Gasteiger charge is 2.20. The van der Waals surface area contributed by atoms with Crippen molar-refractivity contribution in [2.75, 3.05) is 0 Å². The highest BCUT2D eigenvalue weighted by molar-refractivity contribution is 7.26. The van der Waals surface area contributed by atoms with Crippen molar-refractivity contribution in [2.24, 2.45) is 0 Å². The van der Waals surface area contributed by atoms with Crippen molar-refractivity contribution in [1.29, 1.82) is 0 Å². The molecule has 0 fully saturated rings. The van der Waals surface area contributed by atoms with Gasteiger partial charge >= 0.3 is 0 Å². The lowest BCUT2D eigenvalue weighted by Crippen LogP contribution is -2.12. The summed E-state index contributed by atoms with van der Waals surface area (Å²) in [5, 5.41) is 12.5. The first-order valence-electron chi connectivity index (χ1n) is 9.05. The van der Waals surface area contributed by atoms with Crippen LogP contribution in [0.25, 0.3) is 37.0 Å². The number of aromatic nitrogens is 2. The van der Waals surface area contributed by atoms with Gasteiger partial charge in [-0.05, 0) is 41.3 Å². The number of pyridine rings is 1. The highest BCUT2D eigenvalue weighted by Crippen LogP contribution is 2.42. The maximum Gasteiger partial charge on any atom is 0.137 e. The molecule has 0 bridgehead atoms. The molecular formula is C23H20N2OS. The van der Waals surface area contributed by atoms with E-state index in [0.29, 0.717) is 0 Å². The van der Waals surface area contributed by atoms with E-state index >= 15 is 0 Å². The Bertz CT molecular complexity index is 1320. The van der Waals surface area contributed by atoms with Crippen LogP contribution in [0.2, 0.25) is 0 Å². The van der Waals surface area contributed by atoms with Crippen LogP contribution < -0.4 is 0 Å². The third kappa shape index (κ3) is 2.44. The standard InChI is InChI=1S/C23H20N2OS/c1-23(2,3)14-10-11-24-20(12-14)25-18-13-15(26)8-9-16(18)22-21(25)17-6-4-5-7-19(17)27-22/h4-13,26H,1-3H3. The SMILES string of the molecule is CC(C)(C)c1ccnc(-n2c3cc(O)ccc3c3sc4ccccc4c32)c1. The van der Waals surface area contributed by atoms with E-state index in [1.807, 2.05) is 18.3 Å². The number of hydrogen-bond acceptors (Lipinski definition) is 3. The van der Waals surface area contributed by atoms with Gasteiger partial charge in [0.2, 0.25) is 0 Å². The Morgan fingerprint density at radius 1 is 0.963 bits per heavy atom. The number of nitrogens with zero attached hydrogens (tertiary/aromatic N) is 2. The smallest absolute Gasteiger partial charge is 0.137 e. The molecule has 5 rings (SSSR count). The summed E-state index contributed by atoms with van der Waals surface area (Å²) < 4.78 is 4.69. The number of benzene rings is 2. The molecule has 4 heteroatoms. The van der Waals surface area contributed by atoms with Crippen LogP contribution in [0.5, 0.6) is 5.75 Å². The molecule has 0 unspecified atom stereocenters. The quantitative estimate of drug-likeness (QED) is 0.370. The van der Waals surface area contributed by atoms with E-state index in [1.54, 1.807) is 17.4 Å². The van der Waals surface area contributed by atoms with Crippen LogP contribution in [0.15, 0.2) is 60.8 Å². The number of phenols is 1. The Kier molecular flexibility index (Phi) is 3.37. The van der Waals surface area contributed by atoms with Crippen LogP contribution in [0.4, 0.5) is 0 Å². The number of rotatable bonds is 1. The van der Waals surface area contributed by atoms with Crippen molar-refractivity contribution in [2.45, 2.75) is 26.2 Å². The molecule has 0 aliphatic carbocycles. The van der Waals surface area contributed by atoms with Gasteiger partial charge < -0.3 is 5.11 Å². The normalized spacial score (nSPS) is 12.4. The van der Waals surface area contributed by atoms with Gasteiger partial charge in [0.05, 0.1) is 15.7 Å². The summed E-state index contributed by atoms with van der Waals surface area (Å²) in [6, 6.07) is 18.3. The average Bonchev–Trinajstić information content (AvgIpc) is 3.15. The number of hydrogen-bond donors (Lipinski definition) is 1. The molecule has 2 aromatic carbocycles. The molecule has 3 aromatic heterocycles. The van der Waals surface area contributed by atoms with Crippen molar-refractivity contribution in [3.63, 3.8) is 0 Å². The van der Waals surface area contributed by atoms with E-state index in [2.05, 4.69) is 61.7 Å². The number of phenolic OH excluding ortho intramolecular Hbond substituents is 1. The molecule has 0 spiro atoms. The first kappa shape index (κ1) is 16.3. The minimum atomic E-state index is 0.0403. The zero-order chi connectivity index (χ0) is 18.8. The van der Waals surface area contributed by atoms with Crippen LogP contribution in [-0.4, -0.2) is 14.7 Å². The fourth-order valence-corrected chi connectivity index (χ4v) is 4.92. The second kappa shape index (κ2) is 5.57. The lowest BCUT2D eigenvalue weighted by Gasteiger charge is -2.20. The summed E-state index contributed by atoms with van der Waals surface area (Å²) in [5.41, 5.74) is 3.43. The van der Waals surface area contributed by atoms with E-state index in [4.69, 9.17) is 4.98 Å². The highest BCUT2D eigenvalue weighted by atomic mass is 32.1. The van der Waals surface area contributed by atoms with Crippen LogP contribution in [0.3, 0.4) is 0 Å². The van der Waals surface area contributed by atoms with Crippen molar-refractivity contribution in [3.05, 3.63) is 66.4 Å². The molecule has 0 saturated heterocycles. The Labute approximate surface area is 161 Å². The third-order valence-corrected chi connectivity index (χ3v) is 6.29. The van der Waals surface area contributed by atoms with E-state index in [1.165, 1.54) is 20.3 Å². The van der Waals surface area contributed by atoms with Crippen molar-refractivity contribution in [1.82, 2.24) is 9.55 Å². The van der Waals surface area contributed by atoms with Gasteiger partial charge in [0, 0.05) is 27.7 Å². The lowest BCUT2D eigenvalue weighted by molar-refractivity contribution is 0.476. The Hall–Kier alpha value is -2.85. The van der Waals surface area contributed by atoms with Crippen molar-refractivity contribution < 1.29 is 5.11 Å². The van der Waals surface area contributed by atoms with Crippen LogP contribution >= 0.6 is 11.3 Å². The Morgan fingerprint density at radius 2 is 1.78 bits per heavy atom. The van der Waals surface area contributed by atoms with Gasteiger partial charge in [-0.1, -0.05) is 39.0 Å². The largest absolute Gasteiger partial charge is 0.508 e. The molecule has 1 N–H and O–H groups in total. The fourth-order valence-electron chi connectivity index (χ4n) is 3.70. The van der Waals surface area contributed by atoms with Gasteiger partial charge in [-0.2, -0.15) is 0 Å². The maximum atomic E-state index is 10.1. The van der Waals surface area contributed by atoms with Gasteiger partial charge in [0.1, 0.15) is 11.6 Å². The number of thiophene rings is 1. The summed E-state index contributed by atoms with van der Waals surface area (Å²) in [6.07, 6.45) is 1.88. The average molecular weight is 372 g/mol. The molecular weight excluding hydrogens is 352 g/mol. The molecule has 27 heavy (non-hydrogen) atoms. The second-order valence-corrected chi connectivity index (χ2v) is 9.02. The molecule has 3 nitrogen and oxygen atoms in total. The molecule has 3 heterocycles. The van der Waals surface area contributed by atoms with Crippen molar-refractivity contribution in [3.8, 4) is 11.6 Å². The summed E-state index contributed by atoms with van der Waals surface area (Å²) in [7, 11) is 0. The molecule has 0 atom stereocenters. The molecule has 0 aliphatic rings. The predicted octanol–water partition coefficient (Wildman–Crippen LogP) is 6.40. The lowest BCUT2D eigenvalue weighted by atomic mass is 9.88. The van der Waals surface area contributed by atoms with Gasteiger partial charge in [-0.25, -0.2) is 4.98 Å². The van der Waals surface area contributed by atoms with Crippen LogP contribution in [0, 0.1) is 0 Å². The molecule has 0 aliphatic heterocycles. The minimum Gasteiger partial charge on any atom is -0.508 e. The van der Waals surface area contributed by atoms with Gasteiger partial charge in [0.15, 0.2) is 0 Å². The monoisotopic (exact) mass is 372 g/mol. The summed E-state index contributed by atoms with van der Waals surface area (Å²) in [6.45, 7) is 6.63. The second-order valence-electron chi connectivity index (χ2n) is 7.97. The van der Waals surface area contributed by atoms with Gasteiger partial charge in [-0.15, -0.1) is 11.3 Å². The topological polar surface area (TPSA) is 38.0 Å². The van der Waals surface area contributed by atoms with Gasteiger partial charge in [-0.3, -0.25) is 4.57 Å². The Balaban J connectivity index is 1.96.